The molecule has 0 spiro atoms. The number of thioether (sulfide) groups is 1. The zero-order chi connectivity index (χ0) is 19.9. The highest BCUT2D eigenvalue weighted by Crippen LogP contribution is 2.27. The van der Waals surface area contributed by atoms with Crippen molar-refractivity contribution < 1.29 is 9.53 Å². The van der Waals surface area contributed by atoms with E-state index in [9.17, 15) is 4.79 Å². The lowest BCUT2D eigenvalue weighted by Crippen LogP contribution is -2.16. The Morgan fingerprint density at radius 3 is 2.86 bits per heavy atom. The van der Waals surface area contributed by atoms with Gasteiger partial charge >= 0.3 is 0 Å². The Balaban J connectivity index is 1.67. The van der Waals surface area contributed by atoms with Gasteiger partial charge in [-0.2, -0.15) is 0 Å². The number of amides is 1. The molecule has 0 aliphatic carbocycles. The van der Waals surface area contributed by atoms with Crippen molar-refractivity contribution in [2.75, 3.05) is 18.2 Å². The van der Waals surface area contributed by atoms with Gasteiger partial charge in [0.05, 0.1) is 18.6 Å². The topological polar surface area (TPSA) is 69.0 Å². The average molecular weight is 397 g/mol. The van der Waals surface area contributed by atoms with Crippen LogP contribution in [-0.2, 0) is 4.79 Å². The molecule has 0 saturated carbocycles. The molecule has 0 aliphatic heterocycles. The summed E-state index contributed by atoms with van der Waals surface area (Å²) in [5.41, 5.74) is 2.91. The van der Waals surface area contributed by atoms with Crippen molar-refractivity contribution in [3.63, 3.8) is 0 Å². The summed E-state index contributed by atoms with van der Waals surface area (Å²) in [6, 6.07) is 15.6. The molecule has 0 bridgehead atoms. The fraction of sp³-hybridized carbons (Fsp3) is 0.286. The van der Waals surface area contributed by atoms with Crippen LogP contribution in [0.3, 0.4) is 0 Å². The normalized spacial score (nSPS) is 11.8. The van der Waals surface area contributed by atoms with Gasteiger partial charge in [-0.3, -0.25) is 9.36 Å². The van der Waals surface area contributed by atoms with Gasteiger partial charge in [0.25, 0.3) is 0 Å². The van der Waals surface area contributed by atoms with E-state index in [1.165, 1.54) is 11.8 Å². The number of para-hydroxylation sites is 1. The number of nitrogens with one attached hydrogen (secondary N) is 1. The van der Waals surface area contributed by atoms with Gasteiger partial charge in [0.2, 0.25) is 5.91 Å². The predicted molar refractivity (Wildman–Crippen MR) is 112 cm³/mol. The maximum absolute atomic E-state index is 12.5. The lowest BCUT2D eigenvalue weighted by molar-refractivity contribution is -0.113. The minimum Gasteiger partial charge on any atom is -0.497 e. The monoisotopic (exact) mass is 396 g/mol. The third-order valence-electron chi connectivity index (χ3n) is 4.56. The molecule has 1 heterocycles. The molecule has 6 nitrogen and oxygen atoms in total. The highest BCUT2D eigenvalue weighted by Gasteiger charge is 2.13. The van der Waals surface area contributed by atoms with Gasteiger partial charge in [-0.25, -0.2) is 0 Å². The molecule has 28 heavy (non-hydrogen) atoms. The molecule has 1 N–H and O–H groups in total. The molecule has 0 aliphatic rings. The molecule has 1 aromatic heterocycles. The van der Waals surface area contributed by atoms with E-state index in [4.69, 9.17) is 4.74 Å². The second-order valence-electron chi connectivity index (χ2n) is 6.42. The number of nitrogens with zero attached hydrogens (tertiary/aromatic N) is 3. The molecule has 0 unspecified atom stereocenters. The lowest BCUT2D eigenvalue weighted by atomic mass is 9.97. The van der Waals surface area contributed by atoms with Gasteiger partial charge in [0.1, 0.15) is 12.1 Å². The number of anilines is 1. The summed E-state index contributed by atoms with van der Waals surface area (Å²) in [6.45, 7) is 4.31. The maximum Gasteiger partial charge on any atom is 0.234 e. The zero-order valence-corrected chi connectivity index (χ0v) is 17.1. The molecule has 0 saturated heterocycles. The number of methoxy groups -OCH3 is 1. The number of carbonyl (C=O) groups is 1. The van der Waals surface area contributed by atoms with Crippen molar-refractivity contribution in [3.8, 4) is 11.4 Å². The van der Waals surface area contributed by atoms with Crippen LogP contribution in [0.4, 0.5) is 5.69 Å². The minimum atomic E-state index is -0.0686. The third-order valence-corrected chi connectivity index (χ3v) is 5.50. The fourth-order valence-corrected chi connectivity index (χ4v) is 3.57. The SMILES string of the molecule is CC[C@H](C)c1ccccc1NC(=O)CSc1nncn1-c1cccc(OC)c1. The molecule has 3 aromatic rings. The van der Waals surface area contributed by atoms with E-state index in [-0.39, 0.29) is 11.7 Å². The molecule has 2 aromatic carbocycles. The van der Waals surface area contributed by atoms with Crippen molar-refractivity contribution in [1.82, 2.24) is 14.8 Å². The predicted octanol–water partition coefficient (Wildman–Crippen LogP) is 4.52. The summed E-state index contributed by atoms with van der Waals surface area (Å²) in [6.07, 6.45) is 2.65. The van der Waals surface area contributed by atoms with Crippen molar-refractivity contribution in [2.24, 2.45) is 0 Å². The van der Waals surface area contributed by atoms with Crippen molar-refractivity contribution in [2.45, 2.75) is 31.3 Å². The molecule has 7 heteroatoms. The summed E-state index contributed by atoms with van der Waals surface area (Å²) < 4.78 is 7.11. The number of rotatable bonds is 8. The number of benzene rings is 2. The van der Waals surface area contributed by atoms with Gasteiger partial charge in [0.15, 0.2) is 5.16 Å². The number of hydrogen-bond donors (Lipinski definition) is 1. The van der Waals surface area contributed by atoms with Gasteiger partial charge in [-0.1, -0.05) is 49.9 Å². The van der Waals surface area contributed by atoms with E-state index >= 15 is 0 Å². The van der Waals surface area contributed by atoms with Gasteiger partial charge < -0.3 is 10.1 Å². The number of hydrogen-bond acceptors (Lipinski definition) is 5. The van der Waals surface area contributed by atoms with Crippen LogP contribution in [-0.4, -0.2) is 33.5 Å². The van der Waals surface area contributed by atoms with Crippen LogP contribution in [0, 0.1) is 0 Å². The van der Waals surface area contributed by atoms with E-state index in [1.54, 1.807) is 13.4 Å². The molecular formula is C21H24N4O2S. The smallest absolute Gasteiger partial charge is 0.234 e. The molecule has 3 rings (SSSR count). The van der Waals surface area contributed by atoms with E-state index in [2.05, 4.69) is 35.4 Å². The summed E-state index contributed by atoms with van der Waals surface area (Å²) in [5.74, 6) is 1.32. The second-order valence-corrected chi connectivity index (χ2v) is 7.36. The standard InChI is InChI=1S/C21H24N4O2S/c1-4-15(2)18-10-5-6-11-19(18)23-20(26)13-28-21-24-22-14-25(21)16-8-7-9-17(12-16)27-3/h5-12,14-15H,4,13H2,1-3H3,(H,23,26)/t15-/m0/s1. The Kier molecular flexibility index (Phi) is 6.71. The van der Waals surface area contributed by atoms with Crippen LogP contribution in [0.15, 0.2) is 60.0 Å². The highest BCUT2D eigenvalue weighted by atomic mass is 32.2. The van der Waals surface area contributed by atoms with Gasteiger partial charge in [0, 0.05) is 11.8 Å². The zero-order valence-electron chi connectivity index (χ0n) is 16.3. The molecular weight excluding hydrogens is 372 g/mol. The molecule has 0 radical (unpaired) electrons. The number of aromatic nitrogens is 3. The maximum atomic E-state index is 12.5. The molecule has 1 amide bonds. The van der Waals surface area contributed by atoms with E-state index in [0.717, 1.165) is 29.1 Å². The van der Waals surface area contributed by atoms with E-state index < -0.39 is 0 Å². The van der Waals surface area contributed by atoms with E-state index in [1.807, 2.05) is 47.0 Å². The minimum absolute atomic E-state index is 0.0686. The van der Waals surface area contributed by atoms with Crippen LogP contribution in [0.1, 0.15) is 31.7 Å². The highest BCUT2D eigenvalue weighted by molar-refractivity contribution is 7.99. The second kappa shape index (κ2) is 9.41. The van der Waals surface area contributed by atoms with Crippen molar-refractivity contribution in [3.05, 3.63) is 60.4 Å². The molecule has 0 fully saturated rings. The summed E-state index contributed by atoms with van der Waals surface area (Å²) >= 11 is 1.35. The van der Waals surface area contributed by atoms with Crippen molar-refractivity contribution >= 4 is 23.4 Å². The molecule has 1 atom stereocenters. The van der Waals surface area contributed by atoms with Crippen LogP contribution in [0.2, 0.25) is 0 Å². The van der Waals surface area contributed by atoms with Crippen LogP contribution < -0.4 is 10.1 Å². The first-order valence-corrected chi connectivity index (χ1v) is 10.2. The fourth-order valence-electron chi connectivity index (χ4n) is 2.84. The van der Waals surface area contributed by atoms with Gasteiger partial charge in [-0.15, -0.1) is 10.2 Å². The van der Waals surface area contributed by atoms with Gasteiger partial charge in [-0.05, 0) is 36.1 Å². The lowest BCUT2D eigenvalue weighted by Gasteiger charge is -2.15. The first-order valence-electron chi connectivity index (χ1n) is 9.18. The van der Waals surface area contributed by atoms with Crippen molar-refractivity contribution in [1.29, 1.82) is 0 Å². The Bertz CT molecular complexity index is 941. The third kappa shape index (κ3) is 4.72. The van der Waals surface area contributed by atoms with Crippen LogP contribution >= 0.6 is 11.8 Å². The van der Waals surface area contributed by atoms with Crippen LogP contribution in [0.5, 0.6) is 5.75 Å². The Morgan fingerprint density at radius 1 is 1.25 bits per heavy atom. The number of ether oxygens (including phenoxy) is 1. The summed E-state index contributed by atoms with van der Waals surface area (Å²) in [5, 5.41) is 11.8. The van der Waals surface area contributed by atoms with E-state index in [0.29, 0.717) is 11.1 Å². The number of carbonyl (C=O) groups excluding carboxylic acids is 1. The summed E-state index contributed by atoms with van der Waals surface area (Å²) in [7, 11) is 1.63. The Labute approximate surface area is 169 Å². The first-order chi connectivity index (χ1) is 13.6. The summed E-state index contributed by atoms with van der Waals surface area (Å²) in [4.78, 5) is 12.5. The Morgan fingerprint density at radius 2 is 2.07 bits per heavy atom. The van der Waals surface area contributed by atoms with Crippen LogP contribution in [0.25, 0.3) is 5.69 Å². The first kappa shape index (κ1) is 19.9. The average Bonchev–Trinajstić information content (AvgIpc) is 3.21. The Hall–Kier alpha value is -2.80. The molecule has 146 valence electrons. The quantitative estimate of drug-likeness (QED) is 0.567. The largest absolute Gasteiger partial charge is 0.497 e.